The second-order valence-electron chi connectivity index (χ2n) is 20.2. The van der Waals surface area contributed by atoms with E-state index in [1.807, 2.05) is 0 Å². The first-order chi connectivity index (χ1) is 37.7. The molecule has 0 aromatic heterocycles. The van der Waals surface area contributed by atoms with E-state index in [-0.39, 0.29) is 0 Å². The van der Waals surface area contributed by atoms with Crippen LogP contribution >= 0.6 is 7.26 Å². The van der Waals surface area contributed by atoms with Crippen LogP contribution in [0, 0.1) is 0 Å². The normalized spacial score (nSPS) is 13.0. The molecule has 8 aromatic rings. The van der Waals surface area contributed by atoms with Gasteiger partial charge in [0.2, 0.25) is 0 Å². The van der Waals surface area contributed by atoms with Crippen molar-refractivity contribution in [3.05, 3.63) is 214 Å². The first kappa shape index (κ1) is 52.8. The molecule has 0 amide bonds. The second-order valence-corrected chi connectivity index (χ2v) is 23.4. The van der Waals surface area contributed by atoms with Gasteiger partial charge in [0.1, 0.15) is 28.5 Å². The molecule has 2 aliphatic rings. The summed E-state index contributed by atoms with van der Waals surface area (Å²) in [5.41, 5.74) is 20.0. The van der Waals surface area contributed by atoms with Crippen molar-refractivity contribution >= 4 is 99.8 Å². The van der Waals surface area contributed by atoms with E-state index in [4.69, 9.17) is 0 Å². The molecule has 0 bridgehead atoms. The number of hydrogen-bond acceptors (Lipinski definition) is 4. The summed E-state index contributed by atoms with van der Waals surface area (Å²) in [6.45, 7) is 25.7. The summed E-state index contributed by atoms with van der Waals surface area (Å²) in [7, 11) is -2.34. The maximum absolute atomic E-state index is 2.48. The van der Waals surface area contributed by atoms with Crippen LogP contribution < -0.4 is 40.8 Å². The van der Waals surface area contributed by atoms with E-state index < -0.39 is 7.26 Å². The third kappa shape index (κ3) is 10.6. The minimum Gasteiger partial charge on any atom is -0.372 e. The Kier molecular flexibility index (Phi) is 16.3. The maximum atomic E-state index is 2.48. The Morgan fingerprint density at radius 1 is 0.234 bits per heavy atom. The lowest BCUT2D eigenvalue weighted by Gasteiger charge is -2.21. The highest BCUT2D eigenvalue weighted by Crippen LogP contribution is 2.67. The first-order valence-corrected chi connectivity index (χ1v) is 30.1. The molecular weight excluding hydrogens is 952 g/mol. The van der Waals surface area contributed by atoms with Crippen molar-refractivity contribution in [2.45, 2.75) is 55.4 Å². The Labute approximate surface area is 461 Å². The number of anilines is 4. The zero-order valence-corrected chi connectivity index (χ0v) is 47.6. The second kappa shape index (κ2) is 23.7. The largest absolute Gasteiger partial charge is 0.372 e. The molecule has 0 N–H and O–H groups in total. The minimum atomic E-state index is -2.34. The van der Waals surface area contributed by atoms with Gasteiger partial charge in [0.15, 0.2) is 0 Å². The molecule has 0 saturated carbocycles. The van der Waals surface area contributed by atoms with Crippen LogP contribution in [-0.4, -0.2) is 52.4 Å². The van der Waals surface area contributed by atoms with Crippen molar-refractivity contribution in [1.29, 1.82) is 0 Å². The Hall–Kier alpha value is -7.65. The van der Waals surface area contributed by atoms with Crippen LogP contribution in [-0.2, 0) is 0 Å². The quantitative estimate of drug-likeness (QED) is 0.0557. The molecule has 77 heavy (non-hydrogen) atoms. The Bertz CT molecular complexity index is 2970. The number of hydrogen-bond donors (Lipinski definition) is 0. The van der Waals surface area contributed by atoms with E-state index in [1.165, 1.54) is 111 Å². The monoisotopic (exact) mass is 1030 g/mol. The highest BCUT2D eigenvalue weighted by Gasteiger charge is 2.60. The number of benzene rings is 8. The maximum Gasteiger partial charge on any atom is 0.146 e. The fraction of sp³-hybridized carbons (Fsp3) is 0.222. The van der Waals surface area contributed by atoms with Crippen molar-refractivity contribution in [3.63, 3.8) is 0 Å². The van der Waals surface area contributed by atoms with E-state index in [2.05, 4.69) is 293 Å². The topological polar surface area (TPSA) is 13.0 Å². The molecule has 10 rings (SSSR count). The summed E-state index contributed by atoms with van der Waals surface area (Å²) in [5, 5.41) is 5.76. The van der Waals surface area contributed by atoms with Gasteiger partial charge in [-0.25, -0.2) is 0 Å². The Balaban J connectivity index is 1.09. The van der Waals surface area contributed by atoms with Crippen LogP contribution in [0.3, 0.4) is 0 Å². The van der Waals surface area contributed by atoms with Crippen LogP contribution in [0.1, 0.15) is 99.9 Å². The van der Waals surface area contributed by atoms with Gasteiger partial charge in [0.25, 0.3) is 0 Å². The first-order valence-electron chi connectivity index (χ1n) is 28.4. The molecule has 5 heteroatoms. The summed E-state index contributed by atoms with van der Waals surface area (Å²) >= 11 is 0. The summed E-state index contributed by atoms with van der Waals surface area (Å²) < 4.78 is 0. The molecule has 4 nitrogen and oxygen atoms in total. The van der Waals surface area contributed by atoms with Gasteiger partial charge in [0, 0.05) is 97.4 Å². The molecule has 1 spiro atoms. The molecule has 8 aromatic carbocycles. The van der Waals surface area contributed by atoms with E-state index >= 15 is 0 Å². The highest BCUT2D eigenvalue weighted by atomic mass is 31.2. The zero-order chi connectivity index (χ0) is 53.5. The lowest BCUT2D eigenvalue weighted by atomic mass is 10.00. The number of rotatable bonds is 20. The lowest BCUT2D eigenvalue weighted by Crippen LogP contribution is -2.32. The molecule has 2 aliphatic heterocycles. The predicted octanol–water partition coefficient (Wildman–Crippen LogP) is 16.3. The molecule has 0 aliphatic carbocycles. The third-order valence-electron chi connectivity index (χ3n) is 16.1. The number of fused-ring (bicyclic) bond motifs is 10. The summed E-state index contributed by atoms with van der Waals surface area (Å²) in [4.78, 5) is 9.58. The smallest absolute Gasteiger partial charge is 0.146 e. The van der Waals surface area contributed by atoms with Crippen LogP contribution in [0.5, 0.6) is 0 Å². The van der Waals surface area contributed by atoms with Gasteiger partial charge in [0.05, 0.1) is 0 Å². The average Bonchev–Trinajstić information content (AvgIpc) is 4.17. The lowest BCUT2D eigenvalue weighted by molar-refractivity contribution is 0.866. The third-order valence-corrected chi connectivity index (χ3v) is 20.5. The van der Waals surface area contributed by atoms with Crippen LogP contribution in [0.4, 0.5) is 22.7 Å². The molecule has 0 saturated heterocycles. The molecule has 388 valence electrons. The fourth-order valence-electron chi connectivity index (χ4n) is 11.8. The van der Waals surface area contributed by atoms with Gasteiger partial charge in [-0.3, -0.25) is 0 Å². The highest BCUT2D eigenvalue weighted by molar-refractivity contribution is 8.03. The van der Waals surface area contributed by atoms with E-state index in [0.29, 0.717) is 0 Å². The molecule has 2 heterocycles. The summed E-state index contributed by atoms with van der Waals surface area (Å²) in [6, 6.07) is 65.2. The van der Waals surface area contributed by atoms with Crippen molar-refractivity contribution in [2.24, 2.45) is 0 Å². The number of nitrogens with zero attached hydrogens (tertiary/aromatic N) is 4. The van der Waals surface area contributed by atoms with E-state index in [9.17, 15) is 0 Å². The minimum absolute atomic E-state index is 0.998. The van der Waals surface area contributed by atoms with E-state index in [1.54, 1.807) is 0 Å². The van der Waals surface area contributed by atoms with Gasteiger partial charge in [-0.1, -0.05) is 121 Å². The SMILES string of the molecule is CCN(CC)c1ccc(/C=C/c2ccc3c(c2)-c2cc(/C=C/c4ccc(N(CC)CC)cc4)ccc2[P+]32c3ccc(/C=C/c4ccc(N(CC)CC)cc4)cc3-c3cc(/C=C/c4ccc(N(CC)CC)cc4)ccc32)cc1. The van der Waals surface area contributed by atoms with Crippen LogP contribution in [0.25, 0.3) is 70.9 Å². The van der Waals surface area contributed by atoms with Crippen molar-refractivity contribution in [1.82, 2.24) is 0 Å². The van der Waals surface area contributed by atoms with Crippen molar-refractivity contribution in [2.75, 3.05) is 72.0 Å². The molecular formula is C72H76N4P+. The summed E-state index contributed by atoms with van der Waals surface area (Å²) in [5.74, 6) is 0. The fourth-order valence-corrected chi connectivity index (χ4v) is 16.7. The van der Waals surface area contributed by atoms with Gasteiger partial charge in [-0.05, 0) is 197 Å². The van der Waals surface area contributed by atoms with Crippen molar-refractivity contribution in [3.8, 4) is 22.3 Å². The molecule has 0 fully saturated rings. The standard InChI is InChI=1S/C72H76N4P/c1-9-73(10-2)61-37-25-53(26-38-61)17-21-57-33-45-69-65(49-57)66-50-58(22-18-54-27-39-62(40-28-54)74(11-3)12-4)34-46-70(66)77(69)71-47-35-59(23-19-55-29-41-63(42-30-55)75(13-5)14-6)51-67(71)68-52-60(36-48-72(68)77)24-20-56-31-43-64(44-32-56)76(15-7)16-8/h17-52H,9-16H2,1-8H3/q+1/b21-17+,22-18+,23-19+,24-20+. The summed E-state index contributed by atoms with van der Waals surface area (Å²) in [6.07, 6.45) is 18.2. The molecule has 0 radical (unpaired) electrons. The van der Waals surface area contributed by atoms with Crippen LogP contribution in [0.15, 0.2) is 170 Å². The van der Waals surface area contributed by atoms with Crippen molar-refractivity contribution < 1.29 is 0 Å². The molecule has 0 atom stereocenters. The van der Waals surface area contributed by atoms with Gasteiger partial charge in [-0.2, -0.15) is 0 Å². The average molecular weight is 1030 g/mol. The van der Waals surface area contributed by atoms with Gasteiger partial charge in [-0.15, -0.1) is 0 Å². The predicted molar refractivity (Wildman–Crippen MR) is 345 cm³/mol. The molecule has 0 unspecified atom stereocenters. The van der Waals surface area contributed by atoms with Crippen LogP contribution in [0.2, 0.25) is 0 Å². The van der Waals surface area contributed by atoms with Gasteiger partial charge < -0.3 is 19.6 Å². The van der Waals surface area contributed by atoms with E-state index in [0.717, 1.165) is 52.4 Å². The zero-order valence-electron chi connectivity index (χ0n) is 46.7. The Morgan fingerprint density at radius 2 is 0.403 bits per heavy atom. The van der Waals surface area contributed by atoms with Gasteiger partial charge >= 0.3 is 0 Å². The Morgan fingerprint density at radius 3 is 0.584 bits per heavy atom.